The van der Waals surface area contributed by atoms with Crippen molar-refractivity contribution in [2.24, 2.45) is 0 Å². The number of likely N-dealkylation sites (N-methyl/N-ethyl adjacent to an activating group) is 1. The normalized spacial score (nSPS) is 10.0. The molecule has 0 aliphatic rings. The largest absolute Gasteiger partial charge is 0.492 e. The first-order valence-electron chi connectivity index (χ1n) is 7.45. The van der Waals surface area contributed by atoms with Crippen molar-refractivity contribution in [3.63, 3.8) is 0 Å². The highest BCUT2D eigenvalue weighted by Crippen LogP contribution is 2.23. The zero-order valence-electron chi connectivity index (χ0n) is 13.8. The van der Waals surface area contributed by atoms with E-state index in [1.54, 1.807) is 0 Å². The Morgan fingerprint density at radius 1 is 1.05 bits per heavy atom. The lowest BCUT2D eigenvalue weighted by Gasteiger charge is -2.11. The van der Waals surface area contributed by atoms with Crippen LogP contribution in [0.4, 0.5) is 0 Å². The van der Waals surface area contributed by atoms with Crippen LogP contribution in [0, 0.1) is 6.92 Å². The summed E-state index contributed by atoms with van der Waals surface area (Å²) in [6.45, 7) is 7.66. The van der Waals surface area contributed by atoms with Gasteiger partial charge in [0.15, 0.2) is 0 Å². The zero-order valence-corrected chi connectivity index (χ0v) is 13.8. The van der Waals surface area contributed by atoms with Crippen molar-refractivity contribution in [2.75, 3.05) is 27.2 Å². The van der Waals surface area contributed by atoms with Gasteiger partial charge in [0, 0.05) is 24.5 Å². The second-order valence-electron chi connectivity index (χ2n) is 4.93. The molecule has 1 aromatic heterocycles. The van der Waals surface area contributed by atoms with Crippen molar-refractivity contribution in [1.82, 2.24) is 9.88 Å². The van der Waals surface area contributed by atoms with Gasteiger partial charge in [-0.25, -0.2) is 0 Å². The molecule has 3 heteroatoms. The Hall–Kier alpha value is -1.87. The minimum atomic E-state index is 0.697. The highest BCUT2D eigenvalue weighted by atomic mass is 16.5. The summed E-state index contributed by atoms with van der Waals surface area (Å²) in [6, 6.07) is 10.3. The Morgan fingerprint density at radius 2 is 1.81 bits per heavy atom. The number of nitrogens with zero attached hydrogens (tertiary/aromatic N) is 2. The summed E-state index contributed by atoms with van der Waals surface area (Å²) in [4.78, 5) is 6.33. The van der Waals surface area contributed by atoms with Gasteiger partial charge in [0.1, 0.15) is 12.4 Å². The fourth-order valence-corrected chi connectivity index (χ4v) is 1.82. The predicted molar refractivity (Wildman–Crippen MR) is 89.8 cm³/mol. The lowest BCUT2D eigenvalue weighted by atomic mass is 10.1. The number of aromatic nitrogens is 1. The first-order chi connectivity index (χ1) is 10.1. The molecule has 2 aromatic rings. The smallest absolute Gasteiger partial charge is 0.119 e. The molecule has 114 valence electrons. The molecular formula is C18H26N2O. The topological polar surface area (TPSA) is 25.4 Å². The lowest BCUT2D eigenvalue weighted by molar-refractivity contribution is 0.261. The first-order valence-corrected chi connectivity index (χ1v) is 7.45. The van der Waals surface area contributed by atoms with E-state index >= 15 is 0 Å². The van der Waals surface area contributed by atoms with E-state index in [1.807, 2.05) is 59.4 Å². The number of aryl methyl sites for hydroxylation is 1. The van der Waals surface area contributed by atoms with Crippen LogP contribution in [-0.4, -0.2) is 37.1 Å². The van der Waals surface area contributed by atoms with E-state index in [1.165, 1.54) is 0 Å². The molecule has 1 aromatic carbocycles. The number of rotatable bonds is 5. The third-order valence-corrected chi connectivity index (χ3v) is 2.85. The first kappa shape index (κ1) is 17.2. The van der Waals surface area contributed by atoms with E-state index in [9.17, 15) is 0 Å². The molecule has 2 rings (SSSR count). The molecule has 0 fully saturated rings. The van der Waals surface area contributed by atoms with Gasteiger partial charge in [0.25, 0.3) is 0 Å². The van der Waals surface area contributed by atoms with Crippen molar-refractivity contribution < 1.29 is 4.74 Å². The van der Waals surface area contributed by atoms with Crippen LogP contribution in [0.25, 0.3) is 11.1 Å². The zero-order chi connectivity index (χ0) is 15.7. The average Bonchev–Trinajstić information content (AvgIpc) is 2.49. The quantitative estimate of drug-likeness (QED) is 0.830. The molecule has 0 N–H and O–H groups in total. The molecule has 0 aliphatic heterocycles. The molecule has 3 nitrogen and oxygen atoms in total. The minimum absolute atomic E-state index is 0.697. The average molecular weight is 286 g/mol. The third kappa shape index (κ3) is 5.96. The summed E-state index contributed by atoms with van der Waals surface area (Å²) in [6.07, 6.45) is 3.74. The van der Waals surface area contributed by atoms with Crippen LogP contribution >= 0.6 is 0 Å². The van der Waals surface area contributed by atoms with Crippen molar-refractivity contribution in [3.8, 4) is 16.9 Å². The Kier molecular flexibility index (Phi) is 7.48. The van der Waals surface area contributed by atoms with Crippen LogP contribution in [0.15, 0.2) is 42.7 Å². The maximum atomic E-state index is 5.75. The fourth-order valence-electron chi connectivity index (χ4n) is 1.82. The number of benzene rings is 1. The standard InChI is InChI=1S/C16H20N2O.C2H6/c1-13-9-15(12-17-11-13)14-5-4-6-16(10-14)19-8-7-18(2)3;1-2/h4-6,9-12H,7-8H2,1-3H3;1-2H3. The maximum Gasteiger partial charge on any atom is 0.119 e. The van der Waals surface area contributed by atoms with Crippen molar-refractivity contribution in [3.05, 3.63) is 48.3 Å². The summed E-state index contributed by atoms with van der Waals surface area (Å²) in [5.74, 6) is 0.904. The fraction of sp³-hybridized carbons (Fsp3) is 0.389. The highest BCUT2D eigenvalue weighted by molar-refractivity contribution is 5.64. The molecule has 0 spiro atoms. The highest BCUT2D eigenvalue weighted by Gasteiger charge is 2.01. The monoisotopic (exact) mass is 286 g/mol. The predicted octanol–water partition coefficient (Wildman–Crippen LogP) is 4.02. The van der Waals surface area contributed by atoms with Crippen LogP contribution in [0.1, 0.15) is 19.4 Å². The number of ether oxygens (including phenoxy) is 1. The Morgan fingerprint density at radius 3 is 2.48 bits per heavy atom. The van der Waals surface area contributed by atoms with Gasteiger partial charge in [-0.15, -0.1) is 0 Å². The summed E-state index contributed by atoms with van der Waals surface area (Å²) in [5.41, 5.74) is 3.42. The van der Waals surface area contributed by atoms with Crippen LogP contribution in [0.2, 0.25) is 0 Å². The summed E-state index contributed by atoms with van der Waals surface area (Å²) < 4.78 is 5.75. The SMILES string of the molecule is CC.Cc1cncc(-c2cccc(OCCN(C)C)c2)c1. The second-order valence-corrected chi connectivity index (χ2v) is 4.93. The molecular weight excluding hydrogens is 260 g/mol. The molecule has 0 amide bonds. The summed E-state index contributed by atoms with van der Waals surface area (Å²) in [7, 11) is 4.08. The van der Waals surface area contributed by atoms with Gasteiger partial charge in [0.2, 0.25) is 0 Å². The molecule has 0 bridgehead atoms. The molecule has 0 radical (unpaired) electrons. The number of pyridine rings is 1. The molecule has 0 atom stereocenters. The molecule has 0 saturated carbocycles. The maximum absolute atomic E-state index is 5.75. The van der Waals surface area contributed by atoms with Gasteiger partial charge in [-0.3, -0.25) is 4.98 Å². The van der Waals surface area contributed by atoms with E-state index in [0.29, 0.717) is 6.61 Å². The van der Waals surface area contributed by atoms with Gasteiger partial charge in [-0.2, -0.15) is 0 Å². The van der Waals surface area contributed by atoms with Crippen LogP contribution in [0.5, 0.6) is 5.75 Å². The Bertz CT molecular complexity index is 538. The van der Waals surface area contributed by atoms with Gasteiger partial charge < -0.3 is 9.64 Å². The van der Waals surface area contributed by atoms with Crippen LogP contribution < -0.4 is 4.74 Å². The molecule has 21 heavy (non-hydrogen) atoms. The molecule has 1 heterocycles. The Labute approximate surface area is 128 Å². The van der Waals surface area contributed by atoms with Gasteiger partial charge in [-0.05, 0) is 50.3 Å². The summed E-state index contributed by atoms with van der Waals surface area (Å²) in [5, 5.41) is 0. The van der Waals surface area contributed by atoms with Crippen molar-refractivity contribution in [1.29, 1.82) is 0 Å². The van der Waals surface area contributed by atoms with E-state index in [2.05, 4.69) is 28.1 Å². The minimum Gasteiger partial charge on any atom is -0.492 e. The molecule has 0 unspecified atom stereocenters. The van der Waals surface area contributed by atoms with Crippen LogP contribution in [0.3, 0.4) is 0 Å². The van der Waals surface area contributed by atoms with Crippen LogP contribution in [-0.2, 0) is 0 Å². The van der Waals surface area contributed by atoms with Crippen molar-refractivity contribution in [2.45, 2.75) is 20.8 Å². The summed E-state index contributed by atoms with van der Waals surface area (Å²) >= 11 is 0. The third-order valence-electron chi connectivity index (χ3n) is 2.85. The van der Waals surface area contributed by atoms with Crippen molar-refractivity contribution >= 4 is 0 Å². The number of hydrogen-bond donors (Lipinski definition) is 0. The van der Waals surface area contributed by atoms with E-state index in [-0.39, 0.29) is 0 Å². The lowest BCUT2D eigenvalue weighted by Crippen LogP contribution is -2.19. The Balaban J connectivity index is 0.00000106. The number of hydrogen-bond acceptors (Lipinski definition) is 3. The van der Waals surface area contributed by atoms with E-state index < -0.39 is 0 Å². The van der Waals surface area contributed by atoms with E-state index in [4.69, 9.17) is 4.74 Å². The van der Waals surface area contributed by atoms with Gasteiger partial charge >= 0.3 is 0 Å². The van der Waals surface area contributed by atoms with Gasteiger partial charge in [0.05, 0.1) is 0 Å². The molecule has 0 saturated heterocycles. The van der Waals surface area contributed by atoms with Gasteiger partial charge in [-0.1, -0.05) is 26.0 Å². The second kappa shape index (κ2) is 9.14. The van der Waals surface area contributed by atoms with E-state index in [0.717, 1.165) is 29.0 Å². The molecule has 0 aliphatic carbocycles.